The van der Waals surface area contributed by atoms with E-state index in [1.807, 2.05) is 48.6 Å². The number of para-hydroxylation sites is 1. The number of carbonyl (C=O) groups is 1. The van der Waals surface area contributed by atoms with Crippen LogP contribution >= 0.6 is 23.1 Å². The highest BCUT2D eigenvalue weighted by Crippen LogP contribution is 2.29. The first kappa shape index (κ1) is 16.0. The Morgan fingerprint density at radius 2 is 1.96 bits per heavy atom. The van der Waals surface area contributed by atoms with Crippen LogP contribution in [0.1, 0.15) is 11.4 Å². The van der Waals surface area contributed by atoms with E-state index < -0.39 is 0 Å². The molecular formula is C16H14N6OS2. The second-order valence-corrected chi connectivity index (χ2v) is 7.43. The van der Waals surface area contributed by atoms with Gasteiger partial charge in [0.25, 0.3) is 0 Å². The van der Waals surface area contributed by atoms with Crippen molar-refractivity contribution in [3.63, 3.8) is 0 Å². The van der Waals surface area contributed by atoms with Gasteiger partial charge in [0.1, 0.15) is 0 Å². The average molecular weight is 370 g/mol. The molecular weight excluding hydrogens is 356 g/mol. The molecule has 4 aromatic rings. The molecule has 1 amide bonds. The van der Waals surface area contributed by atoms with E-state index in [-0.39, 0.29) is 11.7 Å². The molecule has 126 valence electrons. The van der Waals surface area contributed by atoms with E-state index in [4.69, 9.17) is 0 Å². The minimum atomic E-state index is -0.175. The van der Waals surface area contributed by atoms with Gasteiger partial charge >= 0.3 is 0 Å². The van der Waals surface area contributed by atoms with E-state index in [1.54, 1.807) is 11.3 Å². The molecule has 0 atom stereocenters. The zero-order valence-corrected chi connectivity index (χ0v) is 15.2. The zero-order valence-electron chi connectivity index (χ0n) is 13.6. The predicted octanol–water partition coefficient (Wildman–Crippen LogP) is 3.08. The smallest absolute Gasteiger partial charge is 0.237 e. The fourth-order valence-electron chi connectivity index (χ4n) is 2.52. The molecule has 0 aliphatic heterocycles. The number of hydrogen-bond acceptors (Lipinski definition) is 7. The summed E-state index contributed by atoms with van der Waals surface area (Å²) in [4.78, 5) is 21.5. The molecule has 0 saturated carbocycles. The van der Waals surface area contributed by atoms with E-state index >= 15 is 0 Å². The maximum absolute atomic E-state index is 12.2. The number of benzene rings is 1. The lowest BCUT2D eigenvalue weighted by molar-refractivity contribution is -0.113. The van der Waals surface area contributed by atoms with E-state index in [9.17, 15) is 4.79 Å². The molecule has 4 rings (SSSR count). The van der Waals surface area contributed by atoms with Crippen molar-refractivity contribution < 1.29 is 4.79 Å². The number of rotatable bonds is 4. The van der Waals surface area contributed by atoms with E-state index in [0.29, 0.717) is 11.1 Å². The summed E-state index contributed by atoms with van der Waals surface area (Å²) in [5.41, 5.74) is 2.69. The quantitative estimate of drug-likeness (QED) is 0.556. The number of fused-ring (bicyclic) bond motifs is 3. The number of nitrogens with zero attached hydrogens (tertiary/aromatic N) is 5. The van der Waals surface area contributed by atoms with Crippen molar-refractivity contribution in [2.45, 2.75) is 19.0 Å². The normalized spacial score (nSPS) is 11.3. The topological polar surface area (TPSA) is 85.1 Å². The lowest BCUT2D eigenvalue weighted by Crippen LogP contribution is -2.17. The third-order valence-corrected chi connectivity index (χ3v) is 5.42. The Labute approximate surface area is 151 Å². The molecule has 1 aromatic carbocycles. The molecule has 0 bridgehead atoms. The third kappa shape index (κ3) is 3.20. The van der Waals surface area contributed by atoms with Crippen molar-refractivity contribution in [2.75, 3.05) is 11.1 Å². The van der Waals surface area contributed by atoms with Crippen molar-refractivity contribution >= 4 is 50.1 Å². The van der Waals surface area contributed by atoms with Gasteiger partial charge in [-0.15, -0.1) is 10.2 Å². The van der Waals surface area contributed by atoms with Crippen LogP contribution in [0.15, 0.2) is 35.5 Å². The van der Waals surface area contributed by atoms with E-state index in [0.717, 1.165) is 26.6 Å². The maximum atomic E-state index is 12.2. The molecule has 0 unspecified atom stereocenters. The van der Waals surface area contributed by atoms with Crippen LogP contribution in [0.4, 0.5) is 5.95 Å². The molecule has 0 spiro atoms. The summed E-state index contributed by atoms with van der Waals surface area (Å²) in [6.45, 7) is 3.74. The SMILES string of the molecule is Cc1cc(C)nc(NC(=O)CSc2nnc3sc4ccccc4n23)n1. The van der Waals surface area contributed by atoms with E-state index in [1.165, 1.54) is 11.8 Å². The summed E-state index contributed by atoms with van der Waals surface area (Å²) in [6, 6.07) is 9.91. The average Bonchev–Trinajstić information content (AvgIpc) is 3.11. The van der Waals surface area contributed by atoms with Crippen LogP contribution in [0, 0.1) is 13.8 Å². The largest absolute Gasteiger partial charge is 0.294 e. The summed E-state index contributed by atoms with van der Waals surface area (Å²) in [5.74, 6) is 0.364. The predicted molar refractivity (Wildman–Crippen MR) is 99.2 cm³/mol. The van der Waals surface area contributed by atoms with Crippen molar-refractivity contribution in [3.05, 3.63) is 41.7 Å². The maximum Gasteiger partial charge on any atom is 0.237 e. The molecule has 0 saturated heterocycles. The highest BCUT2D eigenvalue weighted by molar-refractivity contribution is 7.99. The first-order valence-corrected chi connectivity index (χ1v) is 9.38. The number of amides is 1. The minimum Gasteiger partial charge on any atom is -0.294 e. The molecule has 25 heavy (non-hydrogen) atoms. The number of anilines is 1. The lowest BCUT2D eigenvalue weighted by atomic mass is 10.3. The molecule has 0 fully saturated rings. The van der Waals surface area contributed by atoms with Crippen molar-refractivity contribution in [2.24, 2.45) is 0 Å². The monoisotopic (exact) mass is 370 g/mol. The Bertz CT molecular complexity index is 1070. The molecule has 1 N–H and O–H groups in total. The number of thioether (sulfide) groups is 1. The third-order valence-electron chi connectivity index (χ3n) is 3.48. The van der Waals surface area contributed by atoms with Gasteiger partial charge in [-0.05, 0) is 32.0 Å². The van der Waals surface area contributed by atoms with Gasteiger partial charge in [0.05, 0.1) is 16.0 Å². The van der Waals surface area contributed by atoms with Crippen LogP contribution in [0.25, 0.3) is 15.2 Å². The van der Waals surface area contributed by atoms with Gasteiger partial charge in [0, 0.05) is 11.4 Å². The first-order valence-electron chi connectivity index (χ1n) is 7.58. The van der Waals surface area contributed by atoms with Crippen LogP contribution in [0.5, 0.6) is 0 Å². The summed E-state index contributed by atoms with van der Waals surface area (Å²) in [7, 11) is 0. The van der Waals surface area contributed by atoms with Crippen molar-refractivity contribution in [1.29, 1.82) is 0 Å². The van der Waals surface area contributed by atoms with E-state index in [2.05, 4.69) is 25.5 Å². The summed E-state index contributed by atoms with van der Waals surface area (Å²) in [6.07, 6.45) is 0. The number of nitrogens with one attached hydrogen (secondary N) is 1. The fraction of sp³-hybridized carbons (Fsp3) is 0.188. The standard InChI is InChI=1S/C16H14N6OS2/c1-9-7-10(2)18-14(17-9)19-13(23)8-24-15-20-21-16-22(15)11-5-3-4-6-12(11)25-16/h3-7H,8H2,1-2H3,(H,17,18,19,23). The van der Waals surface area contributed by atoms with Gasteiger partial charge in [-0.25, -0.2) is 9.97 Å². The zero-order chi connectivity index (χ0) is 17.4. The van der Waals surface area contributed by atoms with Gasteiger partial charge in [-0.1, -0.05) is 35.2 Å². The van der Waals surface area contributed by atoms with Crippen LogP contribution in [-0.4, -0.2) is 36.2 Å². The van der Waals surface area contributed by atoms with Gasteiger partial charge in [0.2, 0.25) is 16.8 Å². The second-order valence-electron chi connectivity index (χ2n) is 5.48. The lowest BCUT2D eigenvalue weighted by Gasteiger charge is -2.05. The van der Waals surface area contributed by atoms with Crippen LogP contribution in [-0.2, 0) is 4.79 Å². The van der Waals surface area contributed by atoms with Gasteiger partial charge < -0.3 is 0 Å². The highest BCUT2D eigenvalue weighted by Gasteiger charge is 2.14. The minimum absolute atomic E-state index is 0.175. The number of thiazole rings is 1. The molecule has 7 nitrogen and oxygen atoms in total. The number of aryl methyl sites for hydroxylation is 2. The van der Waals surface area contributed by atoms with Crippen molar-refractivity contribution in [1.82, 2.24) is 24.6 Å². The summed E-state index contributed by atoms with van der Waals surface area (Å²) in [5, 5.41) is 11.8. The van der Waals surface area contributed by atoms with Gasteiger partial charge in [-0.3, -0.25) is 14.5 Å². The number of hydrogen-bond donors (Lipinski definition) is 1. The van der Waals surface area contributed by atoms with Crippen LogP contribution < -0.4 is 5.32 Å². The molecule has 0 aliphatic carbocycles. The van der Waals surface area contributed by atoms with Gasteiger partial charge in [-0.2, -0.15) is 0 Å². The fourth-order valence-corrected chi connectivity index (χ4v) is 4.29. The first-order chi connectivity index (χ1) is 12.1. The molecule has 0 radical (unpaired) electrons. The summed E-state index contributed by atoms with van der Waals surface area (Å²) >= 11 is 2.92. The Balaban J connectivity index is 1.51. The Kier molecular flexibility index (Phi) is 4.10. The molecule has 3 heterocycles. The second kappa shape index (κ2) is 6.41. The number of carbonyl (C=O) groups excluding carboxylic acids is 1. The molecule has 9 heteroatoms. The Morgan fingerprint density at radius 3 is 2.76 bits per heavy atom. The Morgan fingerprint density at radius 1 is 1.20 bits per heavy atom. The molecule has 0 aliphatic rings. The Hall–Kier alpha value is -2.52. The van der Waals surface area contributed by atoms with Crippen LogP contribution in [0.3, 0.4) is 0 Å². The van der Waals surface area contributed by atoms with Crippen LogP contribution in [0.2, 0.25) is 0 Å². The summed E-state index contributed by atoms with van der Waals surface area (Å²) < 4.78 is 3.12. The van der Waals surface area contributed by atoms with Gasteiger partial charge in [0.15, 0.2) is 5.16 Å². The van der Waals surface area contributed by atoms with Crippen molar-refractivity contribution in [3.8, 4) is 0 Å². The number of aromatic nitrogens is 5. The molecule has 3 aromatic heterocycles. The highest BCUT2D eigenvalue weighted by atomic mass is 32.2.